The Hall–Kier alpha value is -0.820. The van der Waals surface area contributed by atoms with E-state index in [2.05, 4.69) is 46.1 Å². The van der Waals surface area contributed by atoms with Crippen LogP contribution >= 0.6 is 0 Å². The van der Waals surface area contributed by atoms with Gasteiger partial charge in [0, 0.05) is 6.04 Å². The Bertz CT molecular complexity index is 491. The minimum absolute atomic E-state index is 0.559. The number of nitrogens with one attached hydrogen (secondary N) is 1. The number of benzene rings is 1. The average Bonchev–Trinajstić information content (AvgIpc) is 3.04. The van der Waals surface area contributed by atoms with Gasteiger partial charge in [0.25, 0.3) is 0 Å². The van der Waals surface area contributed by atoms with Gasteiger partial charge >= 0.3 is 0 Å². The van der Waals surface area contributed by atoms with E-state index in [9.17, 15) is 0 Å². The highest BCUT2D eigenvalue weighted by molar-refractivity contribution is 5.46. The van der Waals surface area contributed by atoms with Gasteiger partial charge in [-0.3, -0.25) is 0 Å². The van der Waals surface area contributed by atoms with Gasteiger partial charge in [0.1, 0.15) is 0 Å². The van der Waals surface area contributed by atoms with Crippen LogP contribution in [0.3, 0.4) is 0 Å². The van der Waals surface area contributed by atoms with Gasteiger partial charge in [-0.05, 0) is 99.6 Å². The van der Waals surface area contributed by atoms with Gasteiger partial charge in [-0.2, -0.15) is 0 Å². The van der Waals surface area contributed by atoms with Gasteiger partial charge in [0.15, 0.2) is 0 Å². The predicted octanol–water partition coefficient (Wildman–Crippen LogP) is 4.62. The van der Waals surface area contributed by atoms with E-state index in [1.807, 2.05) is 0 Å². The Labute approximate surface area is 124 Å². The van der Waals surface area contributed by atoms with Gasteiger partial charge in [0.05, 0.1) is 0 Å². The first kappa shape index (κ1) is 14.1. The summed E-state index contributed by atoms with van der Waals surface area (Å²) in [4.78, 5) is 0. The lowest BCUT2D eigenvalue weighted by atomic mass is 9.77. The molecule has 0 saturated heterocycles. The Morgan fingerprint density at radius 3 is 2.10 bits per heavy atom. The molecule has 4 atom stereocenters. The van der Waals surface area contributed by atoms with Crippen LogP contribution in [-0.4, -0.2) is 7.05 Å². The molecule has 2 bridgehead atoms. The fourth-order valence-corrected chi connectivity index (χ4v) is 4.99. The number of rotatable bonds is 3. The molecule has 0 spiro atoms. The van der Waals surface area contributed by atoms with Crippen molar-refractivity contribution in [3.63, 3.8) is 0 Å². The van der Waals surface area contributed by atoms with E-state index >= 15 is 0 Å². The van der Waals surface area contributed by atoms with Gasteiger partial charge in [-0.1, -0.05) is 12.5 Å². The summed E-state index contributed by atoms with van der Waals surface area (Å²) >= 11 is 0. The zero-order chi connectivity index (χ0) is 14.4. The van der Waals surface area contributed by atoms with Crippen LogP contribution in [0.15, 0.2) is 6.07 Å². The number of hydrogen-bond acceptors (Lipinski definition) is 1. The smallest absolute Gasteiger partial charge is 0.0354 e. The summed E-state index contributed by atoms with van der Waals surface area (Å²) in [5.74, 6) is 2.85. The van der Waals surface area contributed by atoms with Crippen molar-refractivity contribution in [3.8, 4) is 0 Å². The zero-order valence-electron chi connectivity index (χ0n) is 13.7. The molecule has 1 aromatic carbocycles. The SMILES string of the molecule is CNC(c1c(C)c(C)cc(C)c1C)C1CC2CCC1C2. The number of hydrogen-bond donors (Lipinski definition) is 1. The van der Waals surface area contributed by atoms with Crippen LogP contribution in [0.5, 0.6) is 0 Å². The standard InChI is InChI=1S/C19H29N/c1-11-8-12(2)14(4)18(13(11)3)19(20-5)17-10-15-6-7-16(17)9-15/h8,15-17,19-20H,6-7,9-10H2,1-5H3. The minimum Gasteiger partial charge on any atom is -0.313 e. The van der Waals surface area contributed by atoms with Crippen molar-refractivity contribution >= 4 is 0 Å². The van der Waals surface area contributed by atoms with E-state index in [0.29, 0.717) is 6.04 Å². The zero-order valence-corrected chi connectivity index (χ0v) is 13.7. The van der Waals surface area contributed by atoms with Crippen LogP contribution < -0.4 is 5.32 Å². The van der Waals surface area contributed by atoms with Gasteiger partial charge < -0.3 is 5.32 Å². The molecule has 1 N–H and O–H groups in total. The summed E-state index contributed by atoms with van der Waals surface area (Å²) in [6, 6.07) is 2.91. The highest BCUT2D eigenvalue weighted by Crippen LogP contribution is 2.53. The lowest BCUT2D eigenvalue weighted by Gasteiger charge is -2.33. The Morgan fingerprint density at radius 1 is 1.00 bits per heavy atom. The molecule has 1 nitrogen and oxygen atoms in total. The van der Waals surface area contributed by atoms with Crippen molar-refractivity contribution in [2.45, 2.75) is 59.4 Å². The molecule has 4 unspecified atom stereocenters. The first-order valence-electron chi connectivity index (χ1n) is 8.27. The van der Waals surface area contributed by atoms with E-state index in [1.165, 1.54) is 47.9 Å². The van der Waals surface area contributed by atoms with Crippen LogP contribution in [0.1, 0.15) is 59.5 Å². The van der Waals surface area contributed by atoms with Crippen molar-refractivity contribution in [2.75, 3.05) is 7.05 Å². The van der Waals surface area contributed by atoms with Gasteiger partial charge in [-0.25, -0.2) is 0 Å². The molecule has 20 heavy (non-hydrogen) atoms. The molecular weight excluding hydrogens is 242 g/mol. The average molecular weight is 271 g/mol. The lowest BCUT2D eigenvalue weighted by Crippen LogP contribution is -2.30. The summed E-state index contributed by atoms with van der Waals surface area (Å²) in [6.45, 7) is 9.15. The van der Waals surface area contributed by atoms with Crippen molar-refractivity contribution in [1.29, 1.82) is 0 Å². The van der Waals surface area contributed by atoms with Crippen molar-refractivity contribution in [1.82, 2.24) is 5.32 Å². The summed E-state index contributed by atoms with van der Waals surface area (Å²) in [7, 11) is 2.16. The van der Waals surface area contributed by atoms with Crippen LogP contribution in [0.25, 0.3) is 0 Å². The second kappa shape index (κ2) is 5.18. The molecule has 2 aliphatic rings. The van der Waals surface area contributed by atoms with Crippen LogP contribution in [-0.2, 0) is 0 Å². The minimum atomic E-state index is 0.559. The van der Waals surface area contributed by atoms with E-state index in [0.717, 1.165) is 17.8 Å². The van der Waals surface area contributed by atoms with Crippen LogP contribution in [0.2, 0.25) is 0 Å². The van der Waals surface area contributed by atoms with Crippen molar-refractivity contribution in [2.24, 2.45) is 17.8 Å². The molecule has 1 aromatic rings. The summed E-state index contributed by atoms with van der Waals surface area (Å²) in [6.07, 6.45) is 5.90. The third-order valence-corrected chi connectivity index (χ3v) is 6.27. The molecule has 0 amide bonds. The van der Waals surface area contributed by atoms with Crippen molar-refractivity contribution in [3.05, 3.63) is 33.9 Å². The molecule has 2 fully saturated rings. The van der Waals surface area contributed by atoms with Crippen molar-refractivity contribution < 1.29 is 0 Å². The molecule has 0 heterocycles. The lowest BCUT2D eigenvalue weighted by molar-refractivity contribution is 0.258. The van der Waals surface area contributed by atoms with E-state index in [4.69, 9.17) is 0 Å². The molecular formula is C19H29N. The van der Waals surface area contributed by atoms with Crippen LogP contribution in [0.4, 0.5) is 0 Å². The predicted molar refractivity (Wildman–Crippen MR) is 86.1 cm³/mol. The van der Waals surface area contributed by atoms with Crippen LogP contribution in [0, 0.1) is 45.4 Å². The largest absolute Gasteiger partial charge is 0.313 e. The van der Waals surface area contributed by atoms with Gasteiger partial charge in [-0.15, -0.1) is 0 Å². The fraction of sp³-hybridized carbons (Fsp3) is 0.684. The third-order valence-electron chi connectivity index (χ3n) is 6.27. The number of aryl methyl sites for hydroxylation is 2. The molecule has 0 aliphatic heterocycles. The fourth-order valence-electron chi connectivity index (χ4n) is 4.99. The van der Waals surface area contributed by atoms with Gasteiger partial charge in [0.2, 0.25) is 0 Å². The second-order valence-corrected chi connectivity index (χ2v) is 7.28. The highest BCUT2D eigenvalue weighted by atomic mass is 14.9. The third kappa shape index (κ3) is 2.11. The normalized spacial score (nSPS) is 29.9. The molecule has 2 saturated carbocycles. The summed E-state index contributed by atoms with van der Waals surface area (Å²) < 4.78 is 0. The maximum absolute atomic E-state index is 3.68. The van der Waals surface area contributed by atoms with E-state index < -0.39 is 0 Å². The van der Waals surface area contributed by atoms with E-state index in [-0.39, 0.29) is 0 Å². The van der Waals surface area contributed by atoms with E-state index in [1.54, 1.807) is 5.56 Å². The number of fused-ring (bicyclic) bond motifs is 2. The highest BCUT2D eigenvalue weighted by Gasteiger charge is 2.43. The molecule has 1 heteroatoms. The second-order valence-electron chi connectivity index (χ2n) is 7.28. The summed E-state index contributed by atoms with van der Waals surface area (Å²) in [5.41, 5.74) is 7.52. The maximum Gasteiger partial charge on any atom is 0.0354 e. The molecule has 110 valence electrons. The monoisotopic (exact) mass is 271 g/mol. The summed E-state index contributed by atoms with van der Waals surface area (Å²) in [5, 5.41) is 3.68. The quantitative estimate of drug-likeness (QED) is 0.846. The molecule has 3 rings (SSSR count). The molecule has 0 radical (unpaired) electrons. The molecule has 2 aliphatic carbocycles. The topological polar surface area (TPSA) is 12.0 Å². The molecule has 0 aromatic heterocycles. The first-order valence-corrected chi connectivity index (χ1v) is 8.27. The Kier molecular flexibility index (Phi) is 3.66. The first-order chi connectivity index (χ1) is 9.52. The Balaban J connectivity index is 2.02. The Morgan fingerprint density at radius 2 is 1.65 bits per heavy atom. The maximum atomic E-state index is 3.68.